The van der Waals surface area contributed by atoms with E-state index in [1.807, 2.05) is 13.0 Å². The second-order valence-electron chi connectivity index (χ2n) is 5.43. The molecule has 0 spiro atoms. The van der Waals surface area contributed by atoms with Crippen molar-refractivity contribution >= 4 is 5.69 Å². The van der Waals surface area contributed by atoms with Crippen LogP contribution in [-0.2, 0) is 6.54 Å². The number of nitrogens with zero attached hydrogens (tertiary/aromatic N) is 1. The average Bonchev–Trinajstić information content (AvgIpc) is 2.89. The van der Waals surface area contributed by atoms with Gasteiger partial charge < -0.3 is 5.32 Å². The van der Waals surface area contributed by atoms with Crippen molar-refractivity contribution in [1.29, 1.82) is 0 Å². The summed E-state index contributed by atoms with van der Waals surface area (Å²) in [4.78, 5) is 10.6. The van der Waals surface area contributed by atoms with E-state index in [0.717, 1.165) is 30.1 Å². The van der Waals surface area contributed by atoms with Crippen LogP contribution >= 0.6 is 0 Å². The third-order valence-electron chi connectivity index (χ3n) is 4.13. The van der Waals surface area contributed by atoms with E-state index in [9.17, 15) is 10.1 Å². The van der Waals surface area contributed by atoms with Gasteiger partial charge in [0.05, 0.1) is 4.92 Å². The molecular weight excluding hydrogens is 240 g/mol. The Hall–Kier alpha value is -1.42. The number of benzene rings is 1. The summed E-state index contributed by atoms with van der Waals surface area (Å²) in [7, 11) is 0. The highest BCUT2D eigenvalue weighted by Gasteiger charge is 2.15. The van der Waals surface area contributed by atoms with Gasteiger partial charge in [0.1, 0.15) is 0 Å². The molecular formula is C15H22N2O2. The van der Waals surface area contributed by atoms with Crippen molar-refractivity contribution in [2.45, 2.75) is 45.6 Å². The molecule has 2 rings (SSSR count). The number of nitrogens with one attached hydrogen (secondary N) is 1. The van der Waals surface area contributed by atoms with Gasteiger partial charge in [-0.1, -0.05) is 37.8 Å². The highest BCUT2D eigenvalue weighted by molar-refractivity contribution is 5.44. The summed E-state index contributed by atoms with van der Waals surface area (Å²) in [5.41, 5.74) is 2.02. The smallest absolute Gasteiger partial charge is 0.272 e. The first kappa shape index (κ1) is 14.0. The maximum atomic E-state index is 10.9. The Morgan fingerprint density at radius 1 is 1.37 bits per heavy atom. The van der Waals surface area contributed by atoms with Crippen molar-refractivity contribution in [1.82, 2.24) is 5.32 Å². The van der Waals surface area contributed by atoms with Crippen LogP contribution in [0.2, 0.25) is 0 Å². The van der Waals surface area contributed by atoms with Gasteiger partial charge in [-0.15, -0.1) is 0 Å². The predicted octanol–water partition coefficient (Wildman–Crippen LogP) is 3.57. The largest absolute Gasteiger partial charge is 0.313 e. The summed E-state index contributed by atoms with van der Waals surface area (Å²) in [6, 6.07) is 5.29. The normalized spacial score (nSPS) is 15.8. The molecule has 1 aromatic carbocycles. The van der Waals surface area contributed by atoms with E-state index in [1.165, 1.54) is 32.1 Å². The Morgan fingerprint density at radius 3 is 2.79 bits per heavy atom. The fourth-order valence-electron chi connectivity index (χ4n) is 2.89. The van der Waals surface area contributed by atoms with Crippen LogP contribution in [0.3, 0.4) is 0 Å². The lowest BCUT2D eigenvalue weighted by Gasteiger charge is -2.11. The Balaban J connectivity index is 1.82. The van der Waals surface area contributed by atoms with Gasteiger partial charge in [-0.2, -0.15) is 0 Å². The lowest BCUT2D eigenvalue weighted by molar-refractivity contribution is -0.385. The van der Waals surface area contributed by atoms with Crippen molar-refractivity contribution in [3.8, 4) is 0 Å². The molecule has 1 N–H and O–H groups in total. The molecule has 0 amide bonds. The molecule has 0 aliphatic heterocycles. The van der Waals surface area contributed by atoms with Crippen LogP contribution in [0.1, 0.15) is 43.2 Å². The molecule has 19 heavy (non-hydrogen) atoms. The monoisotopic (exact) mass is 262 g/mol. The van der Waals surface area contributed by atoms with Crippen LogP contribution in [0, 0.1) is 23.0 Å². The molecule has 1 aromatic rings. The van der Waals surface area contributed by atoms with Gasteiger partial charge in [0.15, 0.2) is 0 Å². The van der Waals surface area contributed by atoms with Crippen molar-refractivity contribution in [3.63, 3.8) is 0 Å². The molecule has 4 heteroatoms. The van der Waals surface area contributed by atoms with Crippen LogP contribution in [0.4, 0.5) is 5.69 Å². The van der Waals surface area contributed by atoms with E-state index in [2.05, 4.69) is 5.32 Å². The van der Waals surface area contributed by atoms with E-state index < -0.39 is 0 Å². The first-order valence-electron chi connectivity index (χ1n) is 7.12. The average molecular weight is 262 g/mol. The summed E-state index contributed by atoms with van der Waals surface area (Å²) in [5, 5.41) is 14.3. The van der Waals surface area contributed by atoms with Gasteiger partial charge in [-0.25, -0.2) is 0 Å². The zero-order valence-electron chi connectivity index (χ0n) is 11.5. The molecule has 1 aliphatic carbocycles. The molecule has 0 aromatic heterocycles. The molecule has 4 nitrogen and oxygen atoms in total. The molecule has 0 radical (unpaired) electrons. The van der Waals surface area contributed by atoms with E-state index in [0.29, 0.717) is 0 Å². The SMILES string of the molecule is Cc1c(CNCCC2CCCC2)cccc1[N+](=O)[O-]. The van der Waals surface area contributed by atoms with Gasteiger partial charge in [0, 0.05) is 18.2 Å². The quantitative estimate of drug-likeness (QED) is 0.484. The second-order valence-corrected chi connectivity index (χ2v) is 5.43. The Labute approximate surface area is 114 Å². The standard InChI is InChI=1S/C15H22N2O2/c1-12-14(7-4-8-15(12)17(18)19)11-16-10-9-13-5-2-3-6-13/h4,7-8,13,16H,2-3,5-6,9-11H2,1H3. The summed E-state index contributed by atoms with van der Waals surface area (Å²) >= 11 is 0. The molecule has 104 valence electrons. The summed E-state index contributed by atoms with van der Waals surface area (Å²) < 4.78 is 0. The number of nitro groups is 1. The highest BCUT2D eigenvalue weighted by Crippen LogP contribution is 2.27. The lowest BCUT2D eigenvalue weighted by atomic mass is 10.0. The fraction of sp³-hybridized carbons (Fsp3) is 0.600. The van der Waals surface area contributed by atoms with Crippen LogP contribution in [-0.4, -0.2) is 11.5 Å². The van der Waals surface area contributed by atoms with Crippen molar-refractivity contribution in [2.75, 3.05) is 6.54 Å². The first-order chi connectivity index (χ1) is 9.18. The Kier molecular flexibility index (Phi) is 4.91. The van der Waals surface area contributed by atoms with Gasteiger partial charge in [-0.3, -0.25) is 10.1 Å². The van der Waals surface area contributed by atoms with E-state index in [1.54, 1.807) is 12.1 Å². The first-order valence-corrected chi connectivity index (χ1v) is 7.12. The molecule has 0 heterocycles. The highest BCUT2D eigenvalue weighted by atomic mass is 16.6. The van der Waals surface area contributed by atoms with Crippen molar-refractivity contribution in [3.05, 3.63) is 39.4 Å². The minimum Gasteiger partial charge on any atom is -0.313 e. The molecule has 1 aliphatic rings. The zero-order chi connectivity index (χ0) is 13.7. The number of hydrogen-bond donors (Lipinski definition) is 1. The topological polar surface area (TPSA) is 55.2 Å². The molecule has 0 saturated heterocycles. The second kappa shape index (κ2) is 6.66. The van der Waals surface area contributed by atoms with Gasteiger partial charge in [0.25, 0.3) is 5.69 Å². The van der Waals surface area contributed by atoms with Crippen LogP contribution in [0.15, 0.2) is 18.2 Å². The predicted molar refractivity (Wildman–Crippen MR) is 76.1 cm³/mol. The Morgan fingerprint density at radius 2 is 2.11 bits per heavy atom. The van der Waals surface area contributed by atoms with Crippen LogP contribution < -0.4 is 5.32 Å². The van der Waals surface area contributed by atoms with Crippen molar-refractivity contribution in [2.24, 2.45) is 5.92 Å². The van der Waals surface area contributed by atoms with Gasteiger partial charge in [-0.05, 0) is 31.4 Å². The maximum Gasteiger partial charge on any atom is 0.272 e. The molecule has 0 unspecified atom stereocenters. The van der Waals surface area contributed by atoms with E-state index in [-0.39, 0.29) is 10.6 Å². The van der Waals surface area contributed by atoms with Gasteiger partial charge in [0.2, 0.25) is 0 Å². The summed E-state index contributed by atoms with van der Waals surface area (Å²) in [5.74, 6) is 0.888. The molecule has 0 atom stereocenters. The maximum absolute atomic E-state index is 10.9. The van der Waals surface area contributed by atoms with E-state index >= 15 is 0 Å². The van der Waals surface area contributed by atoms with E-state index in [4.69, 9.17) is 0 Å². The number of rotatable bonds is 6. The summed E-state index contributed by atoms with van der Waals surface area (Å²) in [6.07, 6.45) is 6.74. The number of nitro benzene ring substituents is 1. The third kappa shape index (κ3) is 3.77. The third-order valence-corrected chi connectivity index (χ3v) is 4.13. The fourth-order valence-corrected chi connectivity index (χ4v) is 2.89. The minimum absolute atomic E-state index is 0.218. The lowest BCUT2D eigenvalue weighted by Crippen LogP contribution is -2.17. The van der Waals surface area contributed by atoms with Crippen molar-refractivity contribution < 1.29 is 4.92 Å². The minimum atomic E-state index is -0.308. The Bertz CT molecular complexity index is 440. The van der Waals surface area contributed by atoms with Gasteiger partial charge >= 0.3 is 0 Å². The molecule has 0 bridgehead atoms. The number of hydrogen-bond acceptors (Lipinski definition) is 3. The van der Waals surface area contributed by atoms with Crippen LogP contribution in [0.25, 0.3) is 0 Å². The summed E-state index contributed by atoms with van der Waals surface area (Å²) in [6.45, 7) is 3.55. The zero-order valence-corrected chi connectivity index (χ0v) is 11.5. The molecule has 1 saturated carbocycles. The van der Waals surface area contributed by atoms with Crippen LogP contribution in [0.5, 0.6) is 0 Å². The molecule has 1 fully saturated rings.